The fraction of sp³-hybridized carbons (Fsp3) is 0.467. The average Bonchev–Trinajstić information content (AvgIpc) is 2.48. The molecule has 0 aromatic heterocycles. The SMILES string of the molecule is COCC[CH]c1cccc(C(=O)N2CCOCC2)c1. The molecule has 0 spiro atoms. The smallest absolute Gasteiger partial charge is 0.254 e. The number of hydrogen-bond acceptors (Lipinski definition) is 3. The molecule has 19 heavy (non-hydrogen) atoms. The van der Waals surface area contributed by atoms with Gasteiger partial charge >= 0.3 is 0 Å². The fourth-order valence-corrected chi connectivity index (χ4v) is 2.09. The minimum absolute atomic E-state index is 0.0882. The first kappa shape index (κ1) is 14.0. The van der Waals surface area contributed by atoms with Gasteiger partial charge in [0.15, 0.2) is 0 Å². The lowest BCUT2D eigenvalue weighted by Crippen LogP contribution is -2.40. The standard InChI is InChI=1S/C15H20NO3/c1-18-9-3-5-13-4-2-6-14(12-13)15(17)16-7-10-19-11-8-16/h2,4-6,12H,3,7-11H2,1H3. The maximum absolute atomic E-state index is 12.3. The van der Waals surface area contributed by atoms with Gasteiger partial charge in [0.25, 0.3) is 5.91 Å². The van der Waals surface area contributed by atoms with Crippen molar-refractivity contribution in [3.05, 3.63) is 41.8 Å². The summed E-state index contributed by atoms with van der Waals surface area (Å²) in [7, 11) is 1.69. The second-order valence-electron chi connectivity index (χ2n) is 4.52. The van der Waals surface area contributed by atoms with Gasteiger partial charge in [0, 0.05) is 32.4 Å². The van der Waals surface area contributed by atoms with Crippen molar-refractivity contribution in [3.63, 3.8) is 0 Å². The van der Waals surface area contributed by atoms with Crippen LogP contribution in [0.3, 0.4) is 0 Å². The van der Waals surface area contributed by atoms with Crippen LogP contribution in [-0.4, -0.2) is 50.8 Å². The third kappa shape index (κ3) is 4.04. The molecule has 0 saturated carbocycles. The van der Waals surface area contributed by atoms with Crippen molar-refractivity contribution in [1.82, 2.24) is 4.90 Å². The molecular weight excluding hydrogens is 242 g/mol. The molecule has 1 aromatic rings. The molecule has 0 N–H and O–H groups in total. The third-order valence-electron chi connectivity index (χ3n) is 3.13. The highest BCUT2D eigenvalue weighted by molar-refractivity contribution is 5.94. The van der Waals surface area contributed by atoms with Gasteiger partial charge in [-0.1, -0.05) is 12.1 Å². The van der Waals surface area contributed by atoms with Gasteiger partial charge in [0.05, 0.1) is 13.2 Å². The Kier molecular flexibility index (Phi) is 5.36. The Morgan fingerprint density at radius 1 is 1.42 bits per heavy atom. The number of hydrogen-bond donors (Lipinski definition) is 0. The van der Waals surface area contributed by atoms with E-state index in [4.69, 9.17) is 9.47 Å². The Morgan fingerprint density at radius 3 is 2.95 bits per heavy atom. The normalized spacial score (nSPS) is 15.5. The number of nitrogens with zero attached hydrogens (tertiary/aromatic N) is 1. The Balaban J connectivity index is 1.98. The summed E-state index contributed by atoms with van der Waals surface area (Å²) >= 11 is 0. The topological polar surface area (TPSA) is 38.8 Å². The van der Waals surface area contributed by atoms with E-state index < -0.39 is 0 Å². The van der Waals surface area contributed by atoms with E-state index in [-0.39, 0.29) is 5.91 Å². The van der Waals surface area contributed by atoms with Gasteiger partial charge in [0.2, 0.25) is 0 Å². The Bertz CT molecular complexity index is 414. The molecule has 1 aliphatic heterocycles. The van der Waals surface area contributed by atoms with Crippen LogP contribution in [0.1, 0.15) is 22.3 Å². The molecule has 1 aliphatic rings. The molecule has 0 bridgehead atoms. The van der Waals surface area contributed by atoms with E-state index >= 15 is 0 Å². The van der Waals surface area contributed by atoms with Crippen molar-refractivity contribution < 1.29 is 14.3 Å². The molecule has 1 heterocycles. The van der Waals surface area contributed by atoms with Gasteiger partial charge in [-0.3, -0.25) is 4.79 Å². The minimum atomic E-state index is 0.0882. The van der Waals surface area contributed by atoms with E-state index in [1.807, 2.05) is 29.2 Å². The van der Waals surface area contributed by atoms with Gasteiger partial charge in [-0.25, -0.2) is 0 Å². The van der Waals surface area contributed by atoms with Crippen LogP contribution in [0.15, 0.2) is 24.3 Å². The van der Waals surface area contributed by atoms with Crippen molar-refractivity contribution in [1.29, 1.82) is 0 Å². The summed E-state index contributed by atoms with van der Waals surface area (Å²) in [6.07, 6.45) is 2.94. The number of carbonyl (C=O) groups is 1. The second-order valence-corrected chi connectivity index (χ2v) is 4.52. The summed E-state index contributed by atoms with van der Waals surface area (Å²) in [4.78, 5) is 14.2. The molecule has 0 aliphatic carbocycles. The lowest BCUT2D eigenvalue weighted by atomic mass is 10.1. The zero-order valence-electron chi connectivity index (χ0n) is 11.3. The first-order valence-electron chi connectivity index (χ1n) is 6.60. The maximum atomic E-state index is 12.3. The molecule has 1 radical (unpaired) electrons. The number of methoxy groups -OCH3 is 1. The number of benzene rings is 1. The predicted octanol–water partition coefficient (Wildman–Crippen LogP) is 1.75. The molecule has 103 valence electrons. The Hall–Kier alpha value is -1.39. The van der Waals surface area contributed by atoms with Gasteiger partial charge < -0.3 is 14.4 Å². The molecule has 1 amide bonds. The Morgan fingerprint density at radius 2 is 2.21 bits per heavy atom. The highest BCUT2D eigenvalue weighted by atomic mass is 16.5. The summed E-state index contributed by atoms with van der Waals surface area (Å²) < 4.78 is 10.3. The Labute approximate surface area is 114 Å². The van der Waals surface area contributed by atoms with Gasteiger partial charge in [0.1, 0.15) is 0 Å². The third-order valence-corrected chi connectivity index (χ3v) is 3.13. The predicted molar refractivity (Wildman–Crippen MR) is 73.1 cm³/mol. The highest BCUT2D eigenvalue weighted by Gasteiger charge is 2.18. The van der Waals surface area contributed by atoms with Gasteiger partial charge in [-0.2, -0.15) is 0 Å². The van der Waals surface area contributed by atoms with Crippen molar-refractivity contribution >= 4 is 5.91 Å². The van der Waals surface area contributed by atoms with E-state index in [0.717, 1.165) is 17.5 Å². The number of amides is 1. The minimum Gasteiger partial charge on any atom is -0.385 e. The quantitative estimate of drug-likeness (QED) is 0.759. The molecule has 4 nitrogen and oxygen atoms in total. The van der Waals surface area contributed by atoms with E-state index in [9.17, 15) is 4.79 Å². The average molecular weight is 262 g/mol. The second kappa shape index (κ2) is 7.26. The van der Waals surface area contributed by atoms with Crippen LogP contribution < -0.4 is 0 Å². The van der Waals surface area contributed by atoms with E-state index in [0.29, 0.717) is 32.9 Å². The number of rotatable bonds is 5. The lowest BCUT2D eigenvalue weighted by molar-refractivity contribution is 0.0303. The number of morpholine rings is 1. The summed E-state index contributed by atoms with van der Waals surface area (Å²) in [6.45, 7) is 3.31. The van der Waals surface area contributed by atoms with Gasteiger partial charge in [-0.15, -0.1) is 0 Å². The van der Waals surface area contributed by atoms with E-state index in [1.165, 1.54) is 0 Å². The summed E-state index contributed by atoms with van der Waals surface area (Å²) in [5.41, 5.74) is 1.81. The number of ether oxygens (including phenoxy) is 2. The zero-order chi connectivity index (χ0) is 13.5. The molecular formula is C15H20NO3. The van der Waals surface area contributed by atoms with E-state index in [2.05, 4.69) is 6.42 Å². The maximum Gasteiger partial charge on any atom is 0.254 e. The van der Waals surface area contributed by atoms with Crippen molar-refractivity contribution in [2.24, 2.45) is 0 Å². The monoisotopic (exact) mass is 262 g/mol. The van der Waals surface area contributed by atoms with Crippen LogP contribution in [0.2, 0.25) is 0 Å². The summed E-state index contributed by atoms with van der Waals surface area (Å²) in [6, 6.07) is 7.73. The van der Waals surface area contributed by atoms with Crippen molar-refractivity contribution in [2.45, 2.75) is 6.42 Å². The molecule has 4 heteroatoms. The van der Waals surface area contributed by atoms with Crippen LogP contribution in [0.5, 0.6) is 0 Å². The van der Waals surface area contributed by atoms with Crippen molar-refractivity contribution in [2.75, 3.05) is 40.0 Å². The molecule has 1 saturated heterocycles. The lowest BCUT2D eigenvalue weighted by Gasteiger charge is -2.27. The van der Waals surface area contributed by atoms with Crippen LogP contribution in [0.25, 0.3) is 0 Å². The first-order valence-corrected chi connectivity index (χ1v) is 6.60. The van der Waals surface area contributed by atoms with Crippen LogP contribution in [0.4, 0.5) is 0 Å². The molecule has 2 rings (SSSR count). The van der Waals surface area contributed by atoms with Crippen LogP contribution in [0, 0.1) is 6.42 Å². The van der Waals surface area contributed by atoms with Crippen LogP contribution in [-0.2, 0) is 9.47 Å². The molecule has 1 fully saturated rings. The van der Waals surface area contributed by atoms with Gasteiger partial charge in [-0.05, 0) is 30.5 Å². The summed E-state index contributed by atoms with van der Waals surface area (Å²) in [5.74, 6) is 0.0882. The molecule has 0 atom stereocenters. The first-order chi connectivity index (χ1) is 9.31. The zero-order valence-corrected chi connectivity index (χ0v) is 11.3. The highest BCUT2D eigenvalue weighted by Crippen LogP contribution is 2.12. The van der Waals surface area contributed by atoms with Crippen molar-refractivity contribution in [3.8, 4) is 0 Å². The number of carbonyl (C=O) groups excluding carboxylic acids is 1. The largest absolute Gasteiger partial charge is 0.385 e. The van der Waals surface area contributed by atoms with Crippen LogP contribution >= 0.6 is 0 Å². The summed E-state index contributed by atoms with van der Waals surface area (Å²) in [5, 5.41) is 0. The molecule has 1 aromatic carbocycles. The molecule has 0 unspecified atom stereocenters. The fourth-order valence-electron chi connectivity index (χ4n) is 2.09. The van der Waals surface area contributed by atoms with E-state index in [1.54, 1.807) is 7.11 Å².